The van der Waals surface area contributed by atoms with E-state index in [0.29, 0.717) is 16.6 Å². The summed E-state index contributed by atoms with van der Waals surface area (Å²) < 4.78 is 0. The molecule has 0 saturated carbocycles. The molecule has 0 atom stereocenters. The number of hydrogen-bond acceptors (Lipinski definition) is 8. The molecule has 1 aliphatic heterocycles. The lowest BCUT2D eigenvalue weighted by Crippen LogP contribution is -2.44. The number of anilines is 1. The van der Waals surface area contributed by atoms with Crippen molar-refractivity contribution in [3.63, 3.8) is 0 Å². The van der Waals surface area contributed by atoms with Crippen LogP contribution in [0.5, 0.6) is 0 Å². The molecule has 0 N–H and O–H groups in total. The summed E-state index contributed by atoms with van der Waals surface area (Å²) in [6.45, 7) is 3.38. The van der Waals surface area contributed by atoms with Gasteiger partial charge in [-0.15, -0.1) is 0 Å². The first-order valence-electron chi connectivity index (χ1n) is 9.30. The molecule has 1 aliphatic carbocycles. The number of nitrogens with zero attached hydrogens (tertiary/aromatic N) is 6. The van der Waals surface area contributed by atoms with Crippen molar-refractivity contribution in [2.45, 2.75) is 0 Å². The zero-order valence-corrected chi connectivity index (χ0v) is 15.7. The summed E-state index contributed by atoms with van der Waals surface area (Å²) in [4.78, 5) is 43.0. The molecule has 8 nitrogen and oxygen atoms in total. The summed E-state index contributed by atoms with van der Waals surface area (Å²) in [5, 5.41) is 9.66. The van der Waals surface area contributed by atoms with Gasteiger partial charge in [0.2, 0.25) is 11.6 Å². The molecular weight excluding hydrogens is 368 g/mol. The topological polar surface area (TPSA) is 103 Å². The molecule has 0 amide bonds. The van der Waals surface area contributed by atoms with Crippen molar-refractivity contribution >= 4 is 28.3 Å². The number of fused-ring (bicyclic) bond motifs is 3. The van der Waals surface area contributed by atoms with Gasteiger partial charge in [0.15, 0.2) is 0 Å². The Kier molecular flexibility index (Phi) is 3.86. The Bertz CT molecular complexity index is 1240. The number of carbonyl (C=O) groups excluding carboxylic acids is 2. The van der Waals surface area contributed by atoms with E-state index in [-0.39, 0.29) is 28.4 Å². The van der Waals surface area contributed by atoms with Gasteiger partial charge in [-0.2, -0.15) is 5.26 Å². The molecule has 8 heteroatoms. The highest BCUT2D eigenvalue weighted by Crippen LogP contribution is 2.29. The molecule has 0 spiro atoms. The van der Waals surface area contributed by atoms with Crippen LogP contribution in [0.3, 0.4) is 0 Å². The maximum atomic E-state index is 12.9. The van der Waals surface area contributed by atoms with Gasteiger partial charge in [-0.05, 0) is 31.3 Å². The molecule has 29 heavy (non-hydrogen) atoms. The van der Waals surface area contributed by atoms with Crippen molar-refractivity contribution in [3.8, 4) is 6.07 Å². The molecule has 3 aromatic rings. The summed E-state index contributed by atoms with van der Waals surface area (Å²) in [6, 6.07) is 8.84. The minimum atomic E-state index is -0.407. The van der Waals surface area contributed by atoms with E-state index in [1.165, 1.54) is 6.20 Å². The van der Waals surface area contributed by atoms with Crippen LogP contribution in [0.4, 0.5) is 5.69 Å². The molecule has 0 unspecified atom stereocenters. The number of nitriles is 1. The van der Waals surface area contributed by atoms with Crippen LogP contribution in [0.2, 0.25) is 0 Å². The normalized spacial score (nSPS) is 16.5. The van der Waals surface area contributed by atoms with Crippen LogP contribution in [-0.2, 0) is 0 Å². The standard InChI is InChI=1S/C21H16N6O2/c1-26-5-7-27(8-6-26)16-10-15-14(9-12(16)11-22)24-18-19(25-15)21(29)17-13(20(18)28)3-2-4-23-17/h2-4,9-10H,5-8H2,1H3. The predicted octanol–water partition coefficient (Wildman–Crippen LogP) is 1.42. The second-order valence-electron chi connectivity index (χ2n) is 7.24. The van der Waals surface area contributed by atoms with Gasteiger partial charge in [0, 0.05) is 32.4 Å². The fourth-order valence-electron chi connectivity index (χ4n) is 3.82. The Morgan fingerprint density at radius 1 is 0.966 bits per heavy atom. The highest BCUT2D eigenvalue weighted by Gasteiger charge is 2.34. The summed E-state index contributed by atoms with van der Waals surface area (Å²) >= 11 is 0. The van der Waals surface area contributed by atoms with Crippen molar-refractivity contribution in [2.24, 2.45) is 0 Å². The Balaban J connectivity index is 1.67. The summed E-state index contributed by atoms with van der Waals surface area (Å²) in [5.74, 6) is -0.783. The highest BCUT2D eigenvalue weighted by molar-refractivity contribution is 6.26. The fourth-order valence-corrected chi connectivity index (χ4v) is 3.82. The first-order valence-corrected chi connectivity index (χ1v) is 9.30. The minimum Gasteiger partial charge on any atom is -0.368 e. The molecule has 1 fully saturated rings. The van der Waals surface area contributed by atoms with Gasteiger partial charge in [0.25, 0.3) is 0 Å². The number of aromatic nitrogens is 3. The number of hydrogen-bond donors (Lipinski definition) is 0. The van der Waals surface area contributed by atoms with Gasteiger partial charge in [-0.1, -0.05) is 0 Å². The van der Waals surface area contributed by atoms with E-state index >= 15 is 0 Å². The lowest BCUT2D eigenvalue weighted by Gasteiger charge is -2.34. The molecule has 3 heterocycles. The summed E-state index contributed by atoms with van der Waals surface area (Å²) in [6.07, 6.45) is 1.48. The largest absolute Gasteiger partial charge is 0.368 e. The van der Waals surface area contributed by atoms with Crippen LogP contribution < -0.4 is 4.90 Å². The molecule has 1 saturated heterocycles. The Morgan fingerprint density at radius 3 is 2.38 bits per heavy atom. The number of ketones is 2. The average molecular weight is 384 g/mol. The van der Waals surface area contributed by atoms with E-state index in [1.54, 1.807) is 24.3 Å². The number of pyridine rings is 1. The predicted molar refractivity (Wildman–Crippen MR) is 105 cm³/mol. The number of rotatable bonds is 1. The lowest BCUT2D eigenvalue weighted by molar-refractivity contribution is 0.0968. The highest BCUT2D eigenvalue weighted by atomic mass is 16.1. The molecule has 5 rings (SSSR count). The van der Waals surface area contributed by atoms with E-state index in [2.05, 4.69) is 37.9 Å². The number of carbonyl (C=O) groups is 2. The van der Waals surface area contributed by atoms with Gasteiger partial charge < -0.3 is 9.80 Å². The van der Waals surface area contributed by atoms with Gasteiger partial charge >= 0.3 is 0 Å². The summed E-state index contributed by atoms with van der Waals surface area (Å²) in [7, 11) is 2.06. The average Bonchev–Trinajstić information content (AvgIpc) is 2.76. The molecule has 2 aromatic heterocycles. The maximum Gasteiger partial charge on any atom is 0.232 e. The van der Waals surface area contributed by atoms with Crippen molar-refractivity contribution < 1.29 is 9.59 Å². The number of piperazine rings is 1. The molecule has 0 bridgehead atoms. The SMILES string of the molecule is CN1CCN(c2cc3nc4c(nc3cc2C#N)C(=O)c2cccnc2C4=O)CC1. The van der Waals surface area contributed by atoms with Gasteiger partial charge in [-0.25, -0.2) is 9.97 Å². The third kappa shape index (κ3) is 2.67. The zero-order chi connectivity index (χ0) is 20.1. The zero-order valence-electron chi connectivity index (χ0n) is 15.7. The molecule has 2 aliphatic rings. The number of likely N-dealkylation sites (N-methyl/N-ethyl adjacent to an activating group) is 1. The molecule has 1 aromatic carbocycles. The summed E-state index contributed by atoms with van der Waals surface area (Å²) in [5.41, 5.74) is 2.52. The monoisotopic (exact) mass is 384 g/mol. The van der Waals surface area contributed by atoms with E-state index in [9.17, 15) is 14.9 Å². The second kappa shape index (κ2) is 6.43. The fraction of sp³-hybridized carbons (Fsp3) is 0.238. The third-order valence-corrected chi connectivity index (χ3v) is 5.44. The molecule has 0 radical (unpaired) electrons. The van der Waals surface area contributed by atoms with Crippen molar-refractivity contribution in [1.29, 1.82) is 5.26 Å². The maximum absolute atomic E-state index is 12.9. The van der Waals surface area contributed by atoms with E-state index < -0.39 is 5.78 Å². The van der Waals surface area contributed by atoms with Crippen molar-refractivity contribution in [1.82, 2.24) is 19.9 Å². The second-order valence-corrected chi connectivity index (χ2v) is 7.24. The van der Waals surface area contributed by atoms with Gasteiger partial charge in [0.05, 0.1) is 27.8 Å². The van der Waals surface area contributed by atoms with Gasteiger partial charge in [0.1, 0.15) is 23.2 Å². The Morgan fingerprint density at radius 2 is 1.66 bits per heavy atom. The van der Waals surface area contributed by atoms with Crippen LogP contribution in [0, 0.1) is 11.3 Å². The van der Waals surface area contributed by atoms with Crippen LogP contribution in [-0.4, -0.2) is 64.6 Å². The Labute approximate surface area is 166 Å². The van der Waals surface area contributed by atoms with Crippen LogP contribution >= 0.6 is 0 Å². The number of benzene rings is 1. The van der Waals surface area contributed by atoms with Crippen LogP contribution in [0.25, 0.3) is 11.0 Å². The first kappa shape index (κ1) is 17.4. The van der Waals surface area contributed by atoms with Crippen LogP contribution in [0.1, 0.15) is 37.8 Å². The van der Waals surface area contributed by atoms with Crippen molar-refractivity contribution in [2.75, 3.05) is 38.1 Å². The lowest BCUT2D eigenvalue weighted by atomic mass is 9.93. The van der Waals surface area contributed by atoms with Crippen molar-refractivity contribution in [3.05, 3.63) is 58.7 Å². The van der Waals surface area contributed by atoms with Gasteiger partial charge in [-0.3, -0.25) is 14.6 Å². The van der Waals surface area contributed by atoms with E-state index in [4.69, 9.17) is 0 Å². The minimum absolute atomic E-state index is 0.0132. The first-order chi connectivity index (χ1) is 14.1. The third-order valence-electron chi connectivity index (χ3n) is 5.44. The Hall–Kier alpha value is -3.70. The van der Waals surface area contributed by atoms with Crippen LogP contribution in [0.15, 0.2) is 30.5 Å². The van der Waals surface area contributed by atoms with E-state index in [0.717, 1.165) is 31.9 Å². The molecular formula is C21H16N6O2. The smallest absolute Gasteiger partial charge is 0.232 e. The molecule has 142 valence electrons. The van der Waals surface area contributed by atoms with E-state index in [1.807, 2.05) is 0 Å². The quantitative estimate of drug-likeness (QED) is 0.485.